The Hall–Kier alpha value is -3.01. The molecule has 2 N–H and O–H groups in total. The number of carbonyl (C=O) groups is 2. The van der Waals surface area contributed by atoms with Crippen LogP contribution < -0.4 is 15.4 Å². The molecule has 27 heavy (non-hydrogen) atoms. The van der Waals surface area contributed by atoms with E-state index in [2.05, 4.69) is 10.6 Å². The quantitative estimate of drug-likeness (QED) is 0.720. The number of urea groups is 1. The minimum atomic E-state index is -0.622. The molecule has 1 aromatic carbocycles. The van der Waals surface area contributed by atoms with Gasteiger partial charge in [0, 0.05) is 13.1 Å². The van der Waals surface area contributed by atoms with Crippen molar-refractivity contribution in [2.45, 2.75) is 32.2 Å². The van der Waals surface area contributed by atoms with Crippen molar-refractivity contribution >= 4 is 17.5 Å². The summed E-state index contributed by atoms with van der Waals surface area (Å²) < 4.78 is 5.17. The number of methoxy groups -OCH3 is 1. The van der Waals surface area contributed by atoms with Gasteiger partial charge in [0.15, 0.2) is 0 Å². The molecule has 0 saturated heterocycles. The molecule has 1 atom stereocenters. The van der Waals surface area contributed by atoms with Gasteiger partial charge < -0.3 is 20.3 Å². The number of hydrogen-bond acceptors (Lipinski definition) is 4. The summed E-state index contributed by atoms with van der Waals surface area (Å²) in [6.07, 6.45) is 4.07. The first kappa shape index (κ1) is 20.3. The van der Waals surface area contributed by atoms with Gasteiger partial charge in [-0.2, -0.15) is 5.26 Å². The van der Waals surface area contributed by atoms with E-state index in [1.54, 1.807) is 12.0 Å². The van der Waals surface area contributed by atoms with Crippen LogP contribution in [0, 0.1) is 11.3 Å². The first-order valence-corrected chi connectivity index (χ1v) is 9.12. The van der Waals surface area contributed by atoms with Crippen molar-refractivity contribution in [2.75, 3.05) is 26.7 Å². The van der Waals surface area contributed by atoms with E-state index < -0.39 is 6.04 Å². The molecule has 1 aliphatic rings. The first-order valence-electron chi connectivity index (χ1n) is 9.12. The Morgan fingerprint density at radius 3 is 2.63 bits per heavy atom. The fraction of sp³-hybridized carbons (Fsp3) is 0.450. The van der Waals surface area contributed by atoms with Gasteiger partial charge in [-0.25, -0.2) is 4.79 Å². The number of benzene rings is 1. The molecular formula is C20H26N4O3. The normalized spacial score (nSPS) is 14.6. The molecule has 0 spiro atoms. The van der Waals surface area contributed by atoms with Crippen LogP contribution in [-0.2, 0) is 4.79 Å². The number of rotatable bonds is 7. The maximum Gasteiger partial charge on any atom is 0.318 e. The van der Waals surface area contributed by atoms with Crippen LogP contribution in [0.1, 0.15) is 31.7 Å². The number of ether oxygens (including phenoxy) is 1. The lowest BCUT2D eigenvalue weighted by Gasteiger charge is -2.28. The molecule has 1 aromatic rings. The SMILES string of the molecule is CCCC(NC(=O)N1CC=C(c2ccc(OC)cc2)CC1)C(=O)NCC#N. The van der Waals surface area contributed by atoms with E-state index in [-0.39, 0.29) is 18.5 Å². The summed E-state index contributed by atoms with van der Waals surface area (Å²) in [6.45, 7) is 2.96. The molecule has 0 bridgehead atoms. The van der Waals surface area contributed by atoms with Gasteiger partial charge in [0.05, 0.1) is 13.2 Å². The van der Waals surface area contributed by atoms with Gasteiger partial charge in [-0.15, -0.1) is 0 Å². The fourth-order valence-corrected chi connectivity index (χ4v) is 2.97. The van der Waals surface area contributed by atoms with Crippen LogP contribution in [0.25, 0.3) is 5.57 Å². The van der Waals surface area contributed by atoms with Crippen LogP contribution in [-0.4, -0.2) is 49.6 Å². The van der Waals surface area contributed by atoms with Crippen molar-refractivity contribution in [2.24, 2.45) is 0 Å². The van der Waals surface area contributed by atoms with Crippen LogP contribution in [0.4, 0.5) is 4.79 Å². The second-order valence-electron chi connectivity index (χ2n) is 6.32. The molecule has 7 heteroatoms. The highest BCUT2D eigenvalue weighted by atomic mass is 16.5. The second kappa shape index (κ2) is 10.2. The smallest absolute Gasteiger partial charge is 0.318 e. The topological polar surface area (TPSA) is 94.5 Å². The molecule has 0 fully saturated rings. The highest BCUT2D eigenvalue weighted by molar-refractivity contribution is 5.87. The van der Waals surface area contributed by atoms with Crippen molar-refractivity contribution in [1.29, 1.82) is 5.26 Å². The van der Waals surface area contributed by atoms with Crippen molar-refractivity contribution in [3.05, 3.63) is 35.9 Å². The van der Waals surface area contributed by atoms with Gasteiger partial charge in [-0.3, -0.25) is 4.79 Å². The zero-order valence-electron chi connectivity index (χ0n) is 15.8. The summed E-state index contributed by atoms with van der Waals surface area (Å²) in [6, 6.07) is 8.85. The summed E-state index contributed by atoms with van der Waals surface area (Å²) in [5.41, 5.74) is 2.31. The minimum absolute atomic E-state index is 0.0629. The third-order valence-electron chi connectivity index (χ3n) is 4.49. The molecule has 2 rings (SSSR count). The first-order chi connectivity index (χ1) is 13.1. The summed E-state index contributed by atoms with van der Waals surface area (Å²) in [4.78, 5) is 26.3. The highest BCUT2D eigenvalue weighted by Crippen LogP contribution is 2.24. The Morgan fingerprint density at radius 2 is 2.07 bits per heavy atom. The third-order valence-corrected chi connectivity index (χ3v) is 4.49. The van der Waals surface area contributed by atoms with Crippen molar-refractivity contribution in [3.8, 4) is 11.8 Å². The number of nitriles is 1. The monoisotopic (exact) mass is 370 g/mol. The molecule has 0 aliphatic carbocycles. The molecule has 1 aliphatic heterocycles. The van der Waals surface area contributed by atoms with E-state index in [4.69, 9.17) is 10.00 Å². The maximum atomic E-state index is 12.5. The van der Waals surface area contributed by atoms with E-state index in [9.17, 15) is 9.59 Å². The standard InChI is InChI=1S/C20H26N4O3/c1-3-4-18(19(25)22-12-11-21)23-20(26)24-13-9-16(10-14-24)15-5-7-17(27-2)8-6-15/h5-9,18H,3-4,10,12-14H2,1-2H3,(H,22,25)(H,23,26). The van der Waals surface area contributed by atoms with Gasteiger partial charge in [-0.1, -0.05) is 31.6 Å². The molecule has 7 nitrogen and oxygen atoms in total. The number of nitrogens with one attached hydrogen (secondary N) is 2. The Bertz CT molecular complexity index is 722. The van der Waals surface area contributed by atoms with Crippen molar-refractivity contribution in [1.82, 2.24) is 15.5 Å². The second-order valence-corrected chi connectivity index (χ2v) is 6.32. The van der Waals surface area contributed by atoms with Crippen LogP contribution in [0.2, 0.25) is 0 Å². The van der Waals surface area contributed by atoms with E-state index in [0.717, 1.165) is 24.2 Å². The highest BCUT2D eigenvalue weighted by Gasteiger charge is 2.24. The van der Waals surface area contributed by atoms with Gasteiger partial charge in [0.25, 0.3) is 0 Å². The summed E-state index contributed by atoms with van der Waals surface area (Å²) in [5, 5.41) is 13.9. The van der Waals surface area contributed by atoms with E-state index in [0.29, 0.717) is 19.5 Å². The summed E-state index contributed by atoms with van der Waals surface area (Å²) in [7, 11) is 1.64. The summed E-state index contributed by atoms with van der Waals surface area (Å²) >= 11 is 0. The number of hydrogen-bond donors (Lipinski definition) is 2. The average Bonchev–Trinajstić information content (AvgIpc) is 2.71. The third kappa shape index (κ3) is 5.74. The molecule has 1 heterocycles. The zero-order valence-corrected chi connectivity index (χ0v) is 15.8. The van der Waals surface area contributed by atoms with Gasteiger partial charge in [0.1, 0.15) is 18.3 Å². The van der Waals surface area contributed by atoms with Gasteiger partial charge >= 0.3 is 6.03 Å². The Labute approximate surface area is 160 Å². The Morgan fingerprint density at radius 1 is 1.33 bits per heavy atom. The molecule has 0 aromatic heterocycles. The van der Waals surface area contributed by atoms with Crippen molar-refractivity contribution in [3.63, 3.8) is 0 Å². The Balaban J connectivity index is 1.94. The van der Waals surface area contributed by atoms with Gasteiger partial charge in [-0.05, 0) is 36.1 Å². The lowest BCUT2D eigenvalue weighted by atomic mass is 9.99. The predicted octanol–water partition coefficient (Wildman–Crippen LogP) is 2.30. The molecule has 1 unspecified atom stereocenters. The van der Waals surface area contributed by atoms with Gasteiger partial charge in [0.2, 0.25) is 5.91 Å². The largest absolute Gasteiger partial charge is 0.497 e. The molecule has 0 saturated carbocycles. The number of carbonyl (C=O) groups excluding carboxylic acids is 2. The fourth-order valence-electron chi connectivity index (χ4n) is 2.97. The van der Waals surface area contributed by atoms with Crippen LogP contribution in [0.15, 0.2) is 30.3 Å². The van der Waals surface area contributed by atoms with E-state index in [1.807, 2.05) is 43.3 Å². The van der Waals surface area contributed by atoms with E-state index >= 15 is 0 Å². The lowest BCUT2D eigenvalue weighted by molar-refractivity contribution is -0.122. The van der Waals surface area contributed by atoms with Crippen LogP contribution >= 0.6 is 0 Å². The molecular weight excluding hydrogens is 344 g/mol. The maximum absolute atomic E-state index is 12.5. The predicted molar refractivity (Wildman–Crippen MR) is 103 cm³/mol. The van der Waals surface area contributed by atoms with E-state index in [1.165, 1.54) is 5.57 Å². The van der Waals surface area contributed by atoms with Crippen LogP contribution in [0.3, 0.4) is 0 Å². The molecule has 144 valence electrons. The number of amides is 3. The molecule has 3 amide bonds. The average molecular weight is 370 g/mol. The minimum Gasteiger partial charge on any atom is -0.497 e. The lowest BCUT2D eigenvalue weighted by Crippen LogP contribution is -2.52. The summed E-state index contributed by atoms with van der Waals surface area (Å²) in [5.74, 6) is 0.492. The molecule has 0 radical (unpaired) electrons. The van der Waals surface area contributed by atoms with Crippen molar-refractivity contribution < 1.29 is 14.3 Å². The van der Waals surface area contributed by atoms with Crippen LogP contribution in [0.5, 0.6) is 5.75 Å². The number of nitrogens with zero attached hydrogens (tertiary/aromatic N) is 2. The Kier molecular flexibility index (Phi) is 7.68. The zero-order chi connectivity index (χ0) is 19.6.